The summed E-state index contributed by atoms with van der Waals surface area (Å²) in [5.41, 5.74) is -0.416. The molecule has 3 aromatic heterocycles. The topological polar surface area (TPSA) is 150 Å². The quantitative estimate of drug-likeness (QED) is 0.381. The highest BCUT2D eigenvalue weighted by Crippen LogP contribution is 2.40. The molecule has 1 aromatic carbocycles. The molecule has 2 fully saturated rings. The number of hydrogen-bond acceptors (Lipinski definition) is 10. The number of hydrogen-bond donors (Lipinski definition) is 2. The Kier molecular flexibility index (Phi) is 5.20. The van der Waals surface area contributed by atoms with E-state index in [1.54, 1.807) is 6.07 Å². The van der Waals surface area contributed by atoms with E-state index < -0.39 is 33.1 Å². The number of nitrogens with zero attached hydrogens (tertiary/aromatic N) is 7. The number of aliphatic hydroxyl groups is 1. The minimum Gasteiger partial charge on any atom is -0.391 e. The van der Waals surface area contributed by atoms with Crippen molar-refractivity contribution in [3.8, 4) is 11.2 Å². The Hall–Kier alpha value is -3.32. The summed E-state index contributed by atoms with van der Waals surface area (Å²) in [6.07, 6.45) is -0.595. The van der Waals surface area contributed by atoms with Crippen molar-refractivity contribution in [3.63, 3.8) is 0 Å². The summed E-state index contributed by atoms with van der Waals surface area (Å²) in [4.78, 5) is 10.6. The number of halogens is 2. The van der Waals surface area contributed by atoms with Gasteiger partial charge in [-0.1, -0.05) is 17.4 Å². The average Bonchev–Trinajstić information content (AvgIpc) is 3.18. The Morgan fingerprint density at radius 1 is 1.28 bits per heavy atom. The predicted molar refractivity (Wildman–Crippen MR) is 126 cm³/mol. The van der Waals surface area contributed by atoms with E-state index in [9.17, 15) is 27.6 Å². The third-order valence-corrected chi connectivity index (χ3v) is 8.82. The minimum atomic E-state index is -4.05. The van der Waals surface area contributed by atoms with E-state index in [0.29, 0.717) is 71.4 Å². The lowest BCUT2D eigenvalue weighted by molar-refractivity contribution is 0.150. The van der Waals surface area contributed by atoms with Gasteiger partial charge in [0, 0.05) is 18.5 Å². The van der Waals surface area contributed by atoms with E-state index in [-0.39, 0.29) is 10.0 Å². The van der Waals surface area contributed by atoms with Crippen molar-refractivity contribution >= 4 is 49.1 Å². The maximum absolute atomic E-state index is 13.3. The van der Waals surface area contributed by atoms with Crippen molar-refractivity contribution in [3.05, 3.63) is 29.5 Å². The molecule has 1 saturated carbocycles. The Bertz CT molecular complexity index is 1660. The standard InChI is InChI=1S/C21H18F2N8O3S2/c22-16(23)19-27-28-20(35-19)31-14-7-12(36(33,34)29-21(9-24)4-5-21)1-2-13(14)15-17(25-10-26-18(15)31)30-6-3-11(32)8-30/h1-2,7,10-11,16,29,32H,3-6,8H2/t11-/m1/s1. The molecule has 0 radical (unpaired) electrons. The normalized spacial score (nSPS) is 19.4. The molecule has 0 amide bonds. The molecule has 4 heterocycles. The zero-order valence-electron chi connectivity index (χ0n) is 18.5. The zero-order chi connectivity index (χ0) is 25.2. The van der Waals surface area contributed by atoms with Gasteiger partial charge < -0.3 is 10.0 Å². The maximum Gasteiger partial charge on any atom is 0.291 e. The fourth-order valence-electron chi connectivity index (χ4n) is 4.42. The Labute approximate surface area is 207 Å². The molecule has 1 atom stereocenters. The van der Waals surface area contributed by atoms with Gasteiger partial charge in [0.05, 0.1) is 28.0 Å². The Balaban J connectivity index is 1.59. The van der Waals surface area contributed by atoms with Gasteiger partial charge in [-0.25, -0.2) is 27.2 Å². The van der Waals surface area contributed by atoms with Gasteiger partial charge in [-0.3, -0.25) is 4.57 Å². The number of anilines is 1. The van der Waals surface area contributed by atoms with Gasteiger partial charge in [-0.2, -0.15) is 9.98 Å². The number of nitriles is 1. The molecular weight excluding hydrogens is 514 g/mol. The van der Waals surface area contributed by atoms with E-state index in [2.05, 4.69) is 24.9 Å². The summed E-state index contributed by atoms with van der Waals surface area (Å²) in [7, 11) is -4.05. The molecule has 186 valence electrons. The summed E-state index contributed by atoms with van der Waals surface area (Å²) < 4.78 is 56.7. The predicted octanol–water partition coefficient (Wildman–Crippen LogP) is 2.27. The molecule has 2 aliphatic rings. The maximum atomic E-state index is 13.3. The first kappa shape index (κ1) is 23.1. The summed E-state index contributed by atoms with van der Waals surface area (Å²) in [6.45, 7) is 0.917. The van der Waals surface area contributed by atoms with Gasteiger partial charge in [0.25, 0.3) is 6.43 Å². The molecule has 0 unspecified atom stereocenters. The van der Waals surface area contributed by atoms with Crippen LogP contribution in [0.1, 0.15) is 30.7 Å². The molecule has 36 heavy (non-hydrogen) atoms. The number of aromatic nitrogens is 5. The van der Waals surface area contributed by atoms with E-state index in [4.69, 9.17) is 0 Å². The van der Waals surface area contributed by atoms with Gasteiger partial charge >= 0.3 is 0 Å². The van der Waals surface area contributed by atoms with Crippen LogP contribution >= 0.6 is 11.3 Å². The average molecular weight is 533 g/mol. The van der Waals surface area contributed by atoms with E-state index >= 15 is 0 Å². The first-order valence-corrected chi connectivity index (χ1v) is 13.3. The van der Waals surface area contributed by atoms with Gasteiger partial charge in [-0.15, -0.1) is 10.2 Å². The van der Waals surface area contributed by atoms with Gasteiger partial charge in [0.2, 0.25) is 15.2 Å². The lowest BCUT2D eigenvalue weighted by Crippen LogP contribution is -2.35. The van der Waals surface area contributed by atoms with Crippen LogP contribution < -0.4 is 9.62 Å². The second kappa shape index (κ2) is 8.10. The van der Waals surface area contributed by atoms with Crippen LogP contribution in [0.3, 0.4) is 0 Å². The molecule has 11 nitrogen and oxygen atoms in total. The molecule has 0 bridgehead atoms. The molecule has 15 heteroatoms. The highest BCUT2D eigenvalue weighted by atomic mass is 32.2. The van der Waals surface area contributed by atoms with E-state index in [0.717, 1.165) is 0 Å². The zero-order valence-corrected chi connectivity index (χ0v) is 20.1. The minimum absolute atomic E-state index is 0.0922. The fourth-order valence-corrected chi connectivity index (χ4v) is 6.53. The van der Waals surface area contributed by atoms with Crippen LogP contribution in [0.25, 0.3) is 27.1 Å². The number of sulfonamides is 1. The summed E-state index contributed by atoms with van der Waals surface area (Å²) >= 11 is 0.672. The lowest BCUT2D eigenvalue weighted by atomic mass is 10.2. The van der Waals surface area contributed by atoms with Crippen LogP contribution in [0.15, 0.2) is 29.4 Å². The summed E-state index contributed by atoms with van der Waals surface area (Å²) in [5, 5.41) is 27.7. The van der Waals surface area contributed by atoms with Crippen molar-refractivity contribution in [2.24, 2.45) is 0 Å². The number of fused-ring (bicyclic) bond motifs is 3. The van der Waals surface area contributed by atoms with Crippen LogP contribution in [0.5, 0.6) is 0 Å². The number of alkyl halides is 2. The van der Waals surface area contributed by atoms with E-state index in [1.165, 1.54) is 23.0 Å². The van der Waals surface area contributed by atoms with Crippen molar-refractivity contribution in [1.29, 1.82) is 5.26 Å². The molecule has 4 aromatic rings. The van der Waals surface area contributed by atoms with Gasteiger partial charge in [0.1, 0.15) is 17.7 Å². The lowest BCUT2D eigenvalue weighted by Gasteiger charge is -2.17. The second-order valence-corrected chi connectivity index (χ2v) is 11.5. The van der Waals surface area contributed by atoms with Crippen molar-refractivity contribution < 1.29 is 22.3 Å². The van der Waals surface area contributed by atoms with Crippen LogP contribution in [0.2, 0.25) is 0 Å². The van der Waals surface area contributed by atoms with Crippen molar-refractivity contribution in [2.45, 2.75) is 42.2 Å². The fraction of sp³-hybridized carbons (Fsp3) is 0.381. The molecule has 2 N–H and O–H groups in total. The number of benzene rings is 1. The van der Waals surface area contributed by atoms with Crippen molar-refractivity contribution in [1.82, 2.24) is 29.5 Å². The number of nitrogens with one attached hydrogen (secondary N) is 1. The van der Waals surface area contributed by atoms with Gasteiger partial charge in [0.15, 0.2) is 10.7 Å². The molecular formula is C21H18F2N8O3S2. The van der Waals surface area contributed by atoms with Crippen LogP contribution in [-0.4, -0.2) is 63.0 Å². The third-order valence-electron chi connectivity index (χ3n) is 6.37. The number of aliphatic hydroxyl groups excluding tert-OH is 1. The molecule has 1 aliphatic heterocycles. The summed E-state index contributed by atoms with van der Waals surface area (Å²) in [5.74, 6) is 0.536. The molecule has 6 rings (SSSR count). The largest absolute Gasteiger partial charge is 0.391 e. The highest BCUT2D eigenvalue weighted by molar-refractivity contribution is 7.89. The second-order valence-electron chi connectivity index (χ2n) is 8.82. The van der Waals surface area contributed by atoms with Crippen molar-refractivity contribution in [2.75, 3.05) is 18.0 Å². The molecule has 1 saturated heterocycles. The first-order chi connectivity index (χ1) is 17.2. The number of β-amino-alcohol motifs (C(OH)–C–C–N with tert-alkyl or cyclic N) is 1. The monoisotopic (exact) mass is 532 g/mol. The van der Waals surface area contributed by atoms with Gasteiger partial charge in [-0.05, 0) is 31.4 Å². The molecule has 1 aliphatic carbocycles. The Morgan fingerprint density at radius 2 is 2.08 bits per heavy atom. The van der Waals surface area contributed by atoms with Crippen LogP contribution in [-0.2, 0) is 10.0 Å². The molecule has 0 spiro atoms. The Morgan fingerprint density at radius 3 is 2.72 bits per heavy atom. The highest BCUT2D eigenvalue weighted by Gasteiger charge is 2.47. The van der Waals surface area contributed by atoms with Crippen LogP contribution in [0.4, 0.5) is 14.6 Å². The number of rotatable bonds is 6. The van der Waals surface area contributed by atoms with E-state index in [1.807, 2.05) is 11.0 Å². The summed E-state index contributed by atoms with van der Waals surface area (Å²) in [6, 6.07) is 6.42. The SMILES string of the molecule is N#CC1(NS(=O)(=O)c2ccc3c4c(N5CC[C@@H](O)C5)ncnc4n(-c4nnc(C(F)F)s4)c3c2)CC1. The first-order valence-electron chi connectivity index (χ1n) is 11.0. The third kappa shape index (κ3) is 3.68. The van der Waals surface area contributed by atoms with Crippen LogP contribution in [0, 0.1) is 11.3 Å². The smallest absolute Gasteiger partial charge is 0.291 e.